The molecule has 1 aliphatic rings. The van der Waals surface area contributed by atoms with E-state index in [1.165, 1.54) is 18.2 Å². The van der Waals surface area contributed by atoms with E-state index in [0.717, 1.165) is 19.3 Å². The quantitative estimate of drug-likeness (QED) is 0.868. The second-order valence-electron chi connectivity index (χ2n) is 4.84. The average Bonchev–Trinajstić information content (AvgIpc) is 2.26. The number of hydrogen-bond acceptors (Lipinski definition) is 3. The van der Waals surface area contributed by atoms with Crippen molar-refractivity contribution in [3.05, 3.63) is 29.8 Å². The van der Waals surface area contributed by atoms with Crippen molar-refractivity contribution in [3.8, 4) is 5.75 Å². The van der Waals surface area contributed by atoms with E-state index in [4.69, 9.17) is 0 Å². The van der Waals surface area contributed by atoms with Crippen LogP contribution in [0.25, 0.3) is 0 Å². The summed E-state index contributed by atoms with van der Waals surface area (Å²) < 4.78 is 40.2. The third-order valence-corrected chi connectivity index (χ3v) is 3.41. The fourth-order valence-electron chi connectivity index (χ4n) is 2.14. The molecule has 0 spiro atoms. The summed E-state index contributed by atoms with van der Waals surface area (Å²) in [6.45, 7) is 0.460. The Kier molecular flexibility index (Phi) is 4.01. The van der Waals surface area contributed by atoms with E-state index < -0.39 is 6.36 Å². The average molecular weight is 275 g/mol. The number of aliphatic hydroxyl groups excluding tert-OH is 1. The number of benzene rings is 1. The molecule has 1 aromatic carbocycles. The van der Waals surface area contributed by atoms with Crippen molar-refractivity contribution in [1.82, 2.24) is 5.32 Å². The molecular formula is C13H16F3NO2. The van der Waals surface area contributed by atoms with Crippen molar-refractivity contribution < 1.29 is 23.0 Å². The lowest BCUT2D eigenvalue weighted by Gasteiger charge is -2.41. The second-order valence-corrected chi connectivity index (χ2v) is 4.84. The van der Waals surface area contributed by atoms with Crippen LogP contribution in [0.15, 0.2) is 24.3 Å². The summed E-state index contributed by atoms with van der Waals surface area (Å²) in [7, 11) is 0. The first-order valence-corrected chi connectivity index (χ1v) is 6.13. The van der Waals surface area contributed by atoms with Gasteiger partial charge in [0.15, 0.2) is 0 Å². The Labute approximate surface area is 109 Å². The van der Waals surface area contributed by atoms with Gasteiger partial charge in [-0.25, -0.2) is 0 Å². The lowest BCUT2D eigenvalue weighted by Crippen LogP contribution is -2.53. The summed E-state index contributed by atoms with van der Waals surface area (Å²) in [5, 5.41) is 12.5. The van der Waals surface area contributed by atoms with Crippen LogP contribution in [0.2, 0.25) is 0 Å². The molecule has 0 saturated heterocycles. The predicted molar refractivity (Wildman–Crippen MR) is 63.6 cm³/mol. The summed E-state index contributed by atoms with van der Waals surface area (Å²) in [6, 6.07) is 5.86. The van der Waals surface area contributed by atoms with Crippen molar-refractivity contribution >= 4 is 0 Å². The third kappa shape index (κ3) is 3.84. The highest BCUT2D eigenvalue weighted by Gasteiger charge is 2.35. The minimum absolute atomic E-state index is 0.0474. The maximum absolute atomic E-state index is 12.1. The number of nitrogens with one attached hydrogen (secondary N) is 1. The highest BCUT2D eigenvalue weighted by Crippen LogP contribution is 2.31. The summed E-state index contributed by atoms with van der Waals surface area (Å²) >= 11 is 0. The number of ether oxygens (including phenoxy) is 1. The minimum Gasteiger partial charge on any atom is -0.406 e. The predicted octanol–water partition coefficient (Wildman–Crippen LogP) is 2.59. The zero-order valence-electron chi connectivity index (χ0n) is 10.3. The summed E-state index contributed by atoms with van der Waals surface area (Å²) in [6.07, 6.45) is -1.83. The van der Waals surface area contributed by atoms with Crippen molar-refractivity contribution in [2.75, 3.05) is 6.61 Å². The van der Waals surface area contributed by atoms with E-state index >= 15 is 0 Å². The molecule has 0 aliphatic heterocycles. The standard InChI is InChI=1S/C13H16F3NO2/c14-13(15,16)19-11-4-1-3-10(7-11)8-17-12(9-18)5-2-6-12/h1,3-4,7,17-18H,2,5-6,8-9H2. The van der Waals surface area contributed by atoms with Crippen LogP contribution in [-0.4, -0.2) is 23.6 Å². The normalized spacial score (nSPS) is 17.9. The van der Waals surface area contributed by atoms with Crippen molar-refractivity contribution in [1.29, 1.82) is 0 Å². The van der Waals surface area contributed by atoms with Gasteiger partial charge < -0.3 is 15.2 Å². The highest BCUT2D eigenvalue weighted by molar-refractivity contribution is 5.28. The molecular weight excluding hydrogens is 259 g/mol. The fourth-order valence-corrected chi connectivity index (χ4v) is 2.14. The molecule has 0 bridgehead atoms. The highest BCUT2D eigenvalue weighted by atomic mass is 19.4. The van der Waals surface area contributed by atoms with Gasteiger partial charge in [-0.2, -0.15) is 0 Å². The van der Waals surface area contributed by atoms with Gasteiger partial charge >= 0.3 is 6.36 Å². The molecule has 1 aromatic rings. The first-order valence-electron chi connectivity index (χ1n) is 6.13. The second kappa shape index (κ2) is 5.38. The van der Waals surface area contributed by atoms with Gasteiger partial charge in [-0.05, 0) is 37.0 Å². The van der Waals surface area contributed by atoms with Gasteiger partial charge in [-0.1, -0.05) is 12.1 Å². The molecule has 106 valence electrons. The van der Waals surface area contributed by atoms with E-state index in [1.807, 2.05) is 0 Å². The van der Waals surface area contributed by atoms with Gasteiger partial charge in [0.25, 0.3) is 0 Å². The molecule has 0 heterocycles. The molecule has 1 fully saturated rings. The van der Waals surface area contributed by atoms with Crippen molar-refractivity contribution in [2.24, 2.45) is 0 Å². The molecule has 2 rings (SSSR count). The van der Waals surface area contributed by atoms with Gasteiger partial charge in [0.1, 0.15) is 5.75 Å². The fraction of sp³-hybridized carbons (Fsp3) is 0.538. The van der Waals surface area contributed by atoms with Crippen LogP contribution in [0.5, 0.6) is 5.75 Å². The van der Waals surface area contributed by atoms with Crippen LogP contribution < -0.4 is 10.1 Å². The molecule has 6 heteroatoms. The van der Waals surface area contributed by atoms with Crippen LogP contribution in [0.4, 0.5) is 13.2 Å². The minimum atomic E-state index is -4.67. The van der Waals surface area contributed by atoms with Crippen molar-refractivity contribution in [3.63, 3.8) is 0 Å². The monoisotopic (exact) mass is 275 g/mol. The molecule has 3 nitrogen and oxygen atoms in total. The van der Waals surface area contributed by atoms with Crippen LogP contribution in [0, 0.1) is 0 Å². The smallest absolute Gasteiger partial charge is 0.406 e. The number of aliphatic hydroxyl groups is 1. The first-order chi connectivity index (χ1) is 8.92. The number of halogens is 3. The molecule has 0 unspecified atom stereocenters. The first kappa shape index (κ1) is 14.1. The Bertz CT molecular complexity index is 425. The van der Waals surface area contributed by atoms with Gasteiger partial charge in [0.05, 0.1) is 6.61 Å². The van der Waals surface area contributed by atoms with Crippen molar-refractivity contribution in [2.45, 2.75) is 37.7 Å². The lowest BCUT2D eigenvalue weighted by molar-refractivity contribution is -0.274. The Morgan fingerprint density at radius 1 is 1.32 bits per heavy atom. The Morgan fingerprint density at radius 2 is 2.05 bits per heavy atom. The molecule has 1 aliphatic carbocycles. The van der Waals surface area contributed by atoms with E-state index in [-0.39, 0.29) is 17.9 Å². The molecule has 19 heavy (non-hydrogen) atoms. The molecule has 0 amide bonds. The van der Waals surface area contributed by atoms with Crippen LogP contribution in [0.1, 0.15) is 24.8 Å². The molecule has 0 aromatic heterocycles. The third-order valence-electron chi connectivity index (χ3n) is 3.41. The van der Waals surface area contributed by atoms with Crippen LogP contribution in [0.3, 0.4) is 0 Å². The summed E-state index contributed by atoms with van der Waals surface area (Å²) in [5.41, 5.74) is 0.433. The van der Waals surface area contributed by atoms with Gasteiger partial charge in [-0.15, -0.1) is 13.2 Å². The maximum atomic E-state index is 12.1. The van der Waals surface area contributed by atoms with E-state index in [1.54, 1.807) is 6.07 Å². The molecule has 0 atom stereocenters. The number of alkyl halides is 3. The van der Waals surface area contributed by atoms with Crippen LogP contribution in [-0.2, 0) is 6.54 Å². The zero-order valence-corrected chi connectivity index (χ0v) is 10.3. The summed E-state index contributed by atoms with van der Waals surface area (Å²) in [5.74, 6) is -0.224. The van der Waals surface area contributed by atoms with E-state index in [9.17, 15) is 18.3 Å². The zero-order chi connectivity index (χ0) is 13.9. The molecule has 0 radical (unpaired) electrons. The topological polar surface area (TPSA) is 41.5 Å². The van der Waals surface area contributed by atoms with Crippen LogP contribution >= 0.6 is 0 Å². The summed E-state index contributed by atoms with van der Waals surface area (Å²) in [4.78, 5) is 0. The van der Waals surface area contributed by atoms with Gasteiger partial charge in [0.2, 0.25) is 0 Å². The van der Waals surface area contributed by atoms with E-state index in [2.05, 4.69) is 10.1 Å². The van der Waals surface area contributed by atoms with Gasteiger partial charge in [-0.3, -0.25) is 0 Å². The molecule has 1 saturated carbocycles. The number of hydrogen-bond donors (Lipinski definition) is 2. The van der Waals surface area contributed by atoms with Gasteiger partial charge in [0, 0.05) is 12.1 Å². The molecule has 2 N–H and O–H groups in total. The Hall–Kier alpha value is -1.27. The lowest BCUT2D eigenvalue weighted by atomic mass is 9.77. The number of rotatable bonds is 5. The SMILES string of the molecule is OCC1(NCc2cccc(OC(F)(F)F)c2)CCC1. The maximum Gasteiger partial charge on any atom is 0.573 e. The van der Waals surface area contributed by atoms with E-state index in [0.29, 0.717) is 12.1 Å². The Morgan fingerprint density at radius 3 is 2.58 bits per heavy atom. The largest absolute Gasteiger partial charge is 0.573 e. The Balaban J connectivity index is 1.95.